The molecule has 0 aliphatic heterocycles. The molecule has 0 fully saturated rings. The Balaban J connectivity index is 1.69. The number of amides is 1. The van der Waals surface area contributed by atoms with Gasteiger partial charge in [0.15, 0.2) is 5.96 Å². The van der Waals surface area contributed by atoms with E-state index in [1.165, 1.54) is 27.4 Å². The third kappa shape index (κ3) is 6.38. The van der Waals surface area contributed by atoms with Crippen molar-refractivity contribution in [2.75, 3.05) is 26.4 Å². The van der Waals surface area contributed by atoms with E-state index < -0.39 is 0 Å². The van der Waals surface area contributed by atoms with Crippen molar-refractivity contribution >= 4 is 35.0 Å². The van der Waals surface area contributed by atoms with Crippen molar-refractivity contribution in [1.82, 2.24) is 16.0 Å². The maximum atomic E-state index is 11.8. The fraction of sp³-hybridized carbons (Fsp3) is 0.368. The molecule has 0 saturated carbocycles. The molecule has 0 spiro atoms. The second-order valence-corrected chi connectivity index (χ2v) is 7.55. The summed E-state index contributed by atoms with van der Waals surface area (Å²) in [5.74, 6) is 0.758. The molecule has 5 nitrogen and oxygen atoms in total. The van der Waals surface area contributed by atoms with Gasteiger partial charge in [-0.05, 0) is 48.2 Å². The van der Waals surface area contributed by atoms with E-state index in [0.29, 0.717) is 6.54 Å². The number of thiophene rings is 1. The van der Waals surface area contributed by atoms with Crippen molar-refractivity contribution in [2.24, 2.45) is 4.99 Å². The van der Waals surface area contributed by atoms with Crippen LogP contribution in [0.1, 0.15) is 27.2 Å². The number of nitrogens with one attached hydrogen (secondary N) is 3. The van der Waals surface area contributed by atoms with Gasteiger partial charge < -0.3 is 16.0 Å². The largest absolute Gasteiger partial charge is 0.356 e. The highest BCUT2D eigenvalue weighted by Crippen LogP contribution is 2.21. The average Bonchev–Trinajstić information content (AvgIpc) is 3.19. The molecular formula is C19H26N4OS2. The van der Waals surface area contributed by atoms with Crippen molar-refractivity contribution in [2.45, 2.75) is 24.8 Å². The molecule has 0 saturated heterocycles. The minimum absolute atomic E-state index is 0.00790. The summed E-state index contributed by atoms with van der Waals surface area (Å²) < 4.78 is 0. The molecule has 1 heterocycles. The number of thioether (sulfide) groups is 1. The van der Waals surface area contributed by atoms with Crippen LogP contribution in [0.4, 0.5) is 0 Å². The lowest BCUT2D eigenvalue weighted by molar-refractivity contribution is 0.0957. The number of carbonyl (C=O) groups is 1. The molecular weight excluding hydrogens is 364 g/mol. The molecule has 140 valence electrons. The number of guanidine groups is 1. The Morgan fingerprint density at radius 3 is 2.69 bits per heavy atom. The van der Waals surface area contributed by atoms with E-state index in [9.17, 15) is 4.79 Å². The number of benzene rings is 1. The summed E-state index contributed by atoms with van der Waals surface area (Å²) in [6.07, 6.45) is 2.92. The van der Waals surface area contributed by atoms with Crippen molar-refractivity contribution in [3.63, 3.8) is 0 Å². The van der Waals surface area contributed by atoms with Gasteiger partial charge in [-0.1, -0.05) is 18.2 Å². The molecule has 2 rings (SSSR count). The van der Waals surface area contributed by atoms with Gasteiger partial charge in [0.05, 0.1) is 4.88 Å². The van der Waals surface area contributed by atoms with Crippen molar-refractivity contribution in [1.29, 1.82) is 0 Å². The lowest BCUT2D eigenvalue weighted by Crippen LogP contribution is -2.38. The molecule has 2 aromatic rings. The maximum Gasteiger partial charge on any atom is 0.261 e. The highest BCUT2D eigenvalue weighted by atomic mass is 32.2. The summed E-state index contributed by atoms with van der Waals surface area (Å²) in [6.45, 7) is 4.21. The molecule has 0 atom stereocenters. The first-order chi connectivity index (χ1) is 12.6. The van der Waals surface area contributed by atoms with Crippen molar-refractivity contribution in [3.8, 4) is 0 Å². The zero-order valence-electron chi connectivity index (χ0n) is 15.5. The van der Waals surface area contributed by atoms with E-state index in [1.54, 1.807) is 18.8 Å². The second-order valence-electron chi connectivity index (χ2n) is 5.75. The minimum atomic E-state index is -0.00790. The molecule has 0 bridgehead atoms. The summed E-state index contributed by atoms with van der Waals surface area (Å²) in [5, 5.41) is 11.5. The summed E-state index contributed by atoms with van der Waals surface area (Å²) >= 11 is 3.21. The van der Waals surface area contributed by atoms with E-state index >= 15 is 0 Å². The van der Waals surface area contributed by atoms with Gasteiger partial charge in [-0.2, -0.15) is 0 Å². The van der Waals surface area contributed by atoms with Gasteiger partial charge >= 0.3 is 0 Å². The van der Waals surface area contributed by atoms with Crippen LogP contribution in [0, 0.1) is 6.92 Å². The number of aliphatic imine (C=N–C) groups is 1. The van der Waals surface area contributed by atoms with Crippen LogP contribution in [0.2, 0.25) is 0 Å². The average molecular weight is 391 g/mol. The van der Waals surface area contributed by atoms with Crippen LogP contribution in [0.5, 0.6) is 0 Å². The van der Waals surface area contributed by atoms with Crippen LogP contribution >= 0.6 is 23.1 Å². The highest BCUT2D eigenvalue weighted by Gasteiger charge is 2.06. The Morgan fingerprint density at radius 1 is 1.19 bits per heavy atom. The highest BCUT2D eigenvalue weighted by molar-refractivity contribution is 7.98. The van der Waals surface area contributed by atoms with Gasteiger partial charge in [0, 0.05) is 31.6 Å². The Morgan fingerprint density at radius 2 is 2.00 bits per heavy atom. The third-order valence-electron chi connectivity index (χ3n) is 3.79. The summed E-state index contributed by atoms with van der Waals surface area (Å²) in [6, 6.07) is 10.2. The monoisotopic (exact) mass is 390 g/mol. The van der Waals surface area contributed by atoms with Gasteiger partial charge in [-0.15, -0.1) is 23.1 Å². The zero-order chi connectivity index (χ0) is 18.8. The van der Waals surface area contributed by atoms with Crippen LogP contribution in [0.3, 0.4) is 0 Å². The van der Waals surface area contributed by atoms with Crippen LogP contribution in [-0.4, -0.2) is 38.3 Å². The fourth-order valence-electron chi connectivity index (χ4n) is 2.39. The normalized spacial score (nSPS) is 11.3. The number of nitrogens with zero attached hydrogens (tertiary/aromatic N) is 1. The Labute approximate surface area is 163 Å². The van der Waals surface area contributed by atoms with Crippen LogP contribution < -0.4 is 16.0 Å². The van der Waals surface area contributed by atoms with Crippen LogP contribution in [0.15, 0.2) is 45.6 Å². The molecule has 1 aromatic carbocycles. The maximum absolute atomic E-state index is 11.8. The smallest absolute Gasteiger partial charge is 0.261 e. The standard InChI is InChI=1S/C19H26N4OS2/c1-14-7-8-15(17(12-14)25-3)13-23-19(20-2)22-10-5-9-21-18(24)16-6-4-11-26-16/h4,6-8,11-12H,5,9-10,13H2,1-3H3,(H,21,24)(H2,20,22,23). The number of aryl methyl sites for hydroxylation is 1. The topological polar surface area (TPSA) is 65.5 Å². The molecule has 3 N–H and O–H groups in total. The number of rotatable bonds is 8. The lowest BCUT2D eigenvalue weighted by Gasteiger charge is -2.14. The quantitative estimate of drug-likeness (QED) is 0.280. The van der Waals surface area contributed by atoms with Crippen LogP contribution in [0.25, 0.3) is 0 Å². The predicted octanol–water partition coefficient (Wildman–Crippen LogP) is 3.26. The first-order valence-electron chi connectivity index (χ1n) is 8.53. The van der Waals surface area contributed by atoms with Crippen molar-refractivity contribution < 1.29 is 4.79 Å². The first-order valence-corrected chi connectivity index (χ1v) is 10.6. The SMILES string of the molecule is CN=C(NCCCNC(=O)c1cccs1)NCc1ccc(C)cc1SC. The van der Waals surface area contributed by atoms with Gasteiger partial charge in [0.2, 0.25) is 0 Å². The molecule has 1 amide bonds. The van der Waals surface area contributed by atoms with E-state index in [1.807, 2.05) is 17.5 Å². The van der Waals surface area contributed by atoms with E-state index in [-0.39, 0.29) is 5.91 Å². The second kappa shape index (κ2) is 10.9. The summed E-state index contributed by atoms with van der Waals surface area (Å²) in [7, 11) is 1.76. The Hall–Kier alpha value is -1.99. The summed E-state index contributed by atoms with van der Waals surface area (Å²) in [5.41, 5.74) is 2.53. The molecule has 0 aliphatic rings. The molecule has 7 heteroatoms. The summed E-state index contributed by atoms with van der Waals surface area (Å²) in [4.78, 5) is 18.1. The van der Waals surface area contributed by atoms with Gasteiger partial charge in [0.1, 0.15) is 0 Å². The number of carbonyl (C=O) groups excluding carboxylic acids is 1. The van der Waals surface area contributed by atoms with Crippen molar-refractivity contribution in [3.05, 3.63) is 51.7 Å². The van der Waals surface area contributed by atoms with E-state index in [2.05, 4.69) is 52.3 Å². The first kappa shape index (κ1) is 20.3. The lowest BCUT2D eigenvalue weighted by atomic mass is 10.1. The number of hydrogen-bond donors (Lipinski definition) is 3. The third-order valence-corrected chi connectivity index (χ3v) is 5.48. The fourth-order valence-corrected chi connectivity index (χ4v) is 3.74. The molecule has 0 unspecified atom stereocenters. The van der Waals surface area contributed by atoms with Gasteiger partial charge in [0.25, 0.3) is 5.91 Å². The molecule has 1 aromatic heterocycles. The molecule has 0 radical (unpaired) electrons. The minimum Gasteiger partial charge on any atom is -0.356 e. The number of hydrogen-bond acceptors (Lipinski definition) is 4. The molecule has 0 aliphatic carbocycles. The van der Waals surface area contributed by atoms with E-state index in [4.69, 9.17) is 0 Å². The predicted molar refractivity (Wildman–Crippen MR) is 112 cm³/mol. The molecule has 26 heavy (non-hydrogen) atoms. The van der Waals surface area contributed by atoms with E-state index in [0.717, 1.165) is 30.3 Å². The Kier molecular flexibility index (Phi) is 8.50. The zero-order valence-corrected chi connectivity index (χ0v) is 17.1. The van der Waals surface area contributed by atoms with Gasteiger partial charge in [-0.25, -0.2) is 0 Å². The van der Waals surface area contributed by atoms with Gasteiger partial charge in [-0.3, -0.25) is 9.79 Å². The van der Waals surface area contributed by atoms with Crippen LogP contribution in [-0.2, 0) is 6.54 Å². The Bertz CT molecular complexity index is 729.